The van der Waals surface area contributed by atoms with Crippen LogP contribution in [0.4, 0.5) is 17.6 Å². The lowest BCUT2D eigenvalue weighted by Gasteiger charge is -2.40. The summed E-state index contributed by atoms with van der Waals surface area (Å²) in [4.78, 5) is 23.0. The number of rotatable bonds is 3. The largest absolute Gasteiger partial charge is 0.586 e. The molecular formula is C21H23F4N5O3S3. The highest BCUT2D eigenvalue weighted by atomic mass is 32.1. The molecule has 0 saturated carbocycles. The van der Waals surface area contributed by atoms with Crippen LogP contribution in [-0.2, 0) is 0 Å². The number of piperidine rings is 1. The molecule has 2 aromatic heterocycles. The molecule has 2 saturated heterocycles. The molecule has 0 radical (unpaired) electrons. The SMILES string of the molecule is O=C(c1ccc2c(c1)OC(F)(F)O2)N1[C@H]2CC[C@H](c3cc(C(F)F)nc4ncnn34)[C@@H]1CC2.S.S.S. The molecule has 3 aromatic rings. The lowest BCUT2D eigenvalue weighted by molar-refractivity contribution is -0.286. The summed E-state index contributed by atoms with van der Waals surface area (Å²) in [5.41, 5.74) is 0.336. The number of carbonyl (C=O) groups excluding carboxylic acids is 1. The molecule has 1 aromatic carbocycles. The fourth-order valence-corrected chi connectivity index (χ4v) is 5.28. The quantitative estimate of drug-likeness (QED) is 0.442. The van der Waals surface area contributed by atoms with E-state index in [1.807, 2.05) is 0 Å². The van der Waals surface area contributed by atoms with Gasteiger partial charge in [-0.1, -0.05) is 0 Å². The van der Waals surface area contributed by atoms with Crippen molar-refractivity contribution in [3.05, 3.63) is 47.5 Å². The highest BCUT2D eigenvalue weighted by molar-refractivity contribution is 7.59. The second-order valence-corrected chi connectivity index (χ2v) is 8.40. The first-order valence-corrected chi connectivity index (χ1v) is 10.5. The molecular weight excluding hydrogens is 542 g/mol. The van der Waals surface area contributed by atoms with Crippen molar-refractivity contribution in [2.24, 2.45) is 0 Å². The normalized spacial score (nSPS) is 23.1. The van der Waals surface area contributed by atoms with Crippen LogP contribution in [0.15, 0.2) is 30.6 Å². The van der Waals surface area contributed by atoms with Gasteiger partial charge in [0.15, 0.2) is 11.5 Å². The Morgan fingerprint density at radius 1 is 1.03 bits per heavy atom. The van der Waals surface area contributed by atoms with Crippen LogP contribution in [0.25, 0.3) is 5.78 Å². The minimum Gasteiger partial charge on any atom is -0.395 e. The summed E-state index contributed by atoms with van der Waals surface area (Å²) < 4.78 is 64.0. The Morgan fingerprint density at radius 2 is 1.75 bits per heavy atom. The maximum atomic E-state index is 13.5. The van der Waals surface area contributed by atoms with Gasteiger partial charge in [0, 0.05) is 23.6 Å². The third-order valence-corrected chi connectivity index (χ3v) is 6.61. The summed E-state index contributed by atoms with van der Waals surface area (Å²) in [5, 5.41) is 4.15. The average molecular weight is 566 g/mol. The molecule has 15 heteroatoms. The highest BCUT2D eigenvalue weighted by Crippen LogP contribution is 2.46. The molecule has 196 valence electrons. The van der Waals surface area contributed by atoms with E-state index in [0.717, 1.165) is 6.42 Å². The van der Waals surface area contributed by atoms with Gasteiger partial charge in [0.2, 0.25) is 0 Å². The van der Waals surface area contributed by atoms with Gasteiger partial charge >= 0.3 is 6.29 Å². The van der Waals surface area contributed by atoms with Gasteiger partial charge in [0.25, 0.3) is 18.1 Å². The van der Waals surface area contributed by atoms with Crippen molar-refractivity contribution in [3.63, 3.8) is 0 Å². The maximum absolute atomic E-state index is 13.5. The second-order valence-electron chi connectivity index (χ2n) is 8.40. The third kappa shape index (κ3) is 4.56. The van der Waals surface area contributed by atoms with Gasteiger partial charge in [0.1, 0.15) is 12.0 Å². The summed E-state index contributed by atoms with van der Waals surface area (Å²) in [6, 6.07) is 5.01. The van der Waals surface area contributed by atoms with Crippen molar-refractivity contribution in [3.8, 4) is 11.5 Å². The van der Waals surface area contributed by atoms with Crippen LogP contribution in [0.2, 0.25) is 0 Å². The number of nitrogens with zero attached hydrogens (tertiary/aromatic N) is 5. The molecule has 3 aliphatic heterocycles. The Bertz CT molecular complexity index is 1280. The summed E-state index contributed by atoms with van der Waals surface area (Å²) in [7, 11) is 0. The predicted molar refractivity (Wildman–Crippen MR) is 134 cm³/mol. The van der Waals surface area contributed by atoms with Gasteiger partial charge in [-0.05, 0) is 49.9 Å². The van der Waals surface area contributed by atoms with E-state index in [1.54, 1.807) is 4.90 Å². The number of fused-ring (bicyclic) bond motifs is 4. The minimum atomic E-state index is -3.77. The Labute approximate surface area is 223 Å². The number of alkyl halides is 4. The fraction of sp³-hybridized carbons (Fsp3) is 0.429. The molecule has 0 spiro atoms. The van der Waals surface area contributed by atoms with Crippen molar-refractivity contribution in [2.45, 2.75) is 56.4 Å². The molecule has 3 aliphatic rings. The molecule has 36 heavy (non-hydrogen) atoms. The van der Waals surface area contributed by atoms with Crippen molar-refractivity contribution >= 4 is 52.2 Å². The van der Waals surface area contributed by atoms with Crippen molar-refractivity contribution in [1.82, 2.24) is 24.5 Å². The molecule has 0 aliphatic carbocycles. The molecule has 8 nitrogen and oxygen atoms in total. The first-order chi connectivity index (χ1) is 15.8. The predicted octanol–water partition coefficient (Wildman–Crippen LogP) is 4.27. The van der Waals surface area contributed by atoms with E-state index in [9.17, 15) is 22.4 Å². The zero-order valence-corrected chi connectivity index (χ0v) is 21.5. The summed E-state index contributed by atoms with van der Waals surface area (Å²) in [6.07, 6.45) is -2.46. The summed E-state index contributed by atoms with van der Waals surface area (Å²) in [6.45, 7) is 0. The van der Waals surface area contributed by atoms with Gasteiger partial charge in [-0.2, -0.15) is 50.6 Å². The lowest BCUT2D eigenvalue weighted by atomic mass is 9.86. The molecule has 6 rings (SSSR count). The van der Waals surface area contributed by atoms with E-state index in [2.05, 4.69) is 24.5 Å². The van der Waals surface area contributed by atoms with Gasteiger partial charge in [0.05, 0.1) is 5.69 Å². The molecule has 2 fully saturated rings. The van der Waals surface area contributed by atoms with E-state index in [-0.39, 0.29) is 92.9 Å². The standard InChI is InChI=1S/C21H17F4N5O3.3H2S/c22-18(23)13-8-15(30-20(28-13)26-9-27-30)12-4-2-11-3-5-14(12)29(11)19(31)10-1-6-16-17(7-10)33-21(24,25)32-16;;;/h1,6-9,11-12,14,18H,2-5H2;3*1H2/t11-,12-,14-;;;/m0.../s1. The van der Waals surface area contributed by atoms with Gasteiger partial charge in [-0.25, -0.2) is 18.3 Å². The van der Waals surface area contributed by atoms with E-state index in [4.69, 9.17) is 0 Å². The van der Waals surface area contributed by atoms with Crippen LogP contribution in [0.1, 0.15) is 59.8 Å². The lowest BCUT2D eigenvalue weighted by Crippen LogP contribution is -2.47. The van der Waals surface area contributed by atoms with E-state index in [1.165, 1.54) is 35.1 Å². The molecule has 0 unspecified atom stereocenters. The van der Waals surface area contributed by atoms with Crippen LogP contribution < -0.4 is 9.47 Å². The number of hydrogen-bond donors (Lipinski definition) is 0. The number of benzene rings is 1. The third-order valence-electron chi connectivity index (χ3n) is 6.61. The van der Waals surface area contributed by atoms with Gasteiger partial charge in [-0.15, -0.1) is 8.78 Å². The van der Waals surface area contributed by atoms with E-state index >= 15 is 0 Å². The first-order valence-electron chi connectivity index (χ1n) is 10.5. The number of halogens is 4. The summed E-state index contributed by atoms with van der Waals surface area (Å²) >= 11 is 0. The maximum Gasteiger partial charge on any atom is 0.586 e. The minimum absolute atomic E-state index is 0. The average Bonchev–Trinajstić information content (AvgIpc) is 3.45. The molecule has 1 amide bonds. The van der Waals surface area contributed by atoms with Gasteiger partial charge in [-0.3, -0.25) is 4.79 Å². The molecule has 0 N–H and O–H groups in total. The van der Waals surface area contributed by atoms with Crippen LogP contribution in [0.5, 0.6) is 11.5 Å². The van der Waals surface area contributed by atoms with Crippen LogP contribution in [-0.4, -0.2) is 48.8 Å². The molecule has 2 bridgehead atoms. The molecule has 3 atom stereocenters. The number of ether oxygens (including phenoxy) is 2. The van der Waals surface area contributed by atoms with Gasteiger partial charge < -0.3 is 14.4 Å². The van der Waals surface area contributed by atoms with Crippen LogP contribution >= 0.6 is 40.5 Å². The first kappa shape index (κ1) is 28.2. The molecule has 5 heterocycles. The summed E-state index contributed by atoms with van der Waals surface area (Å²) in [5.74, 6) is -0.840. The number of aromatic nitrogens is 4. The topological polar surface area (TPSA) is 81.9 Å². The number of carbonyl (C=O) groups is 1. The van der Waals surface area contributed by atoms with Crippen LogP contribution in [0.3, 0.4) is 0 Å². The highest BCUT2D eigenvalue weighted by Gasteiger charge is 2.47. The zero-order chi connectivity index (χ0) is 22.9. The smallest absolute Gasteiger partial charge is 0.395 e. The Hall–Kier alpha value is -2.39. The van der Waals surface area contributed by atoms with Crippen molar-refractivity contribution in [1.29, 1.82) is 0 Å². The van der Waals surface area contributed by atoms with E-state index in [0.29, 0.717) is 25.0 Å². The van der Waals surface area contributed by atoms with Crippen LogP contribution in [0, 0.1) is 0 Å². The zero-order valence-electron chi connectivity index (χ0n) is 18.5. The Morgan fingerprint density at radius 3 is 2.50 bits per heavy atom. The number of hydrogen-bond acceptors (Lipinski definition) is 6. The number of amides is 1. The second kappa shape index (κ2) is 10.2. The Kier molecular flexibility index (Phi) is 7.96. The van der Waals surface area contributed by atoms with Crippen molar-refractivity contribution in [2.75, 3.05) is 0 Å². The Balaban J connectivity index is 0.00000120. The monoisotopic (exact) mass is 565 g/mol. The van der Waals surface area contributed by atoms with E-state index < -0.39 is 12.7 Å². The van der Waals surface area contributed by atoms with Crippen molar-refractivity contribution < 1.29 is 31.8 Å². The fourth-order valence-electron chi connectivity index (χ4n) is 5.28.